The summed E-state index contributed by atoms with van der Waals surface area (Å²) >= 11 is 0. The van der Waals surface area contributed by atoms with E-state index >= 15 is 0 Å². The maximum absolute atomic E-state index is 13.0. The van der Waals surface area contributed by atoms with Gasteiger partial charge in [0.1, 0.15) is 17.1 Å². The molecule has 0 unspecified atom stereocenters. The molecule has 0 fully saturated rings. The molecule has 4 heterocycles. The van der Waals surface area contributed by atoms with Crippen LogP contribution in [0.15, 0.2) is 67.3 Å². The Hall–Kier alpha value is -4.27. The van der Waals surface area contributed by atoms with Crippen molar-refractivity contribution in [3.05, 3.63) is 78.4 Å². The van der Waals surface area contributed by atoms with Crippen molar-refractivity contribution in [2.75, 3.05) is 5.32 Å². The average molecular weight is 398 g/mol. The van der Waals surface area contributed by atoms with E-state index in [9.17, 15) is 4.79 Å². The summed E-state index contributed by atoms with van der Waals surface area (Å²) in [5.41, 5.74) is 4.39. The van der Waals surface area contributed by atoms with Gasteiger partial charge in [-0.15, -0.1) is 0 Å². The number of nitrogens with zero attached hydrogens (tertiary/aromatic N) is 7. The fourth-order valence-corrected chi connectivity index (χ4v) is 3.27. The van der Waals surface area contributed by atoms with Gasteiger partial charge in [-0.25, -0.2) is 14.2 Å². The van der Waals surface area contributed by atoms with Gasteiger partial charge in [-0.3, -0.25) is 9.48 Å². The Bertz CT molecular complexity index is 1360. The molecule has 0 saturated heterocycles. The lowest BCUT2D eigenvalue weighted by Crippen LogP contribution is -2.15. The summed E-state index contributed by atoms with van der Waals surface area (Å²) in [7, 11) is 1.85. The molecule has 0 spiro atoms. The number of fused-ring (bicyclic) bond motifs is 1. The number of hydrogen-bond acceptors (Lipinski definition) is 5. The van der Waals surface area contributed by atoms with Crippen LogP contribution in [-0.4, -0.2) is 40.1 Å². The largest absolute Gasteiger partial charge is 0.306 e. The van der Waals surface area contributed by atoms with Crippen LogP contribution in [0.3, 0.4) is 0 Å². The average Bonchev–Trinajstić information content (AvgIpc) is 3.46. The van der Waals surface area contributed by atoms with E-state index in [4.69, 9.17) is 5.10 Å². The van der Waals surface area contributed by atoms with Crippen molar-refractivity contribution in [2.24, 2.45) is 7.05 Å². The molecule has 1 N–H and O–H groups in total. The fourth-order valence-electron chi connectivity index (χ4n) is 3.27. The summed E-state index contributed by atoms with van der Waals surface area (Å²) in [6.45, 7) is 2.02. The summed E-state index contributed by atoms with van der Waals surface area (Å²) < 4.78 is 5.01. The minimum absolute atomic E-state index is 0.312. The SMILES string of the molecule is Cc1ccc(-n2nc(-c3ccnn3C)cc2NC(=O)c2cnn3cccnc23)cc1. The van der Waals surface area contributed by atoms with Gasteiger partial charge in [-0.2, -0.15) is 15.3 Å². The van der Waals surface area contributed by atoms with Crippen LogP contribution >= 0.6 is 0 Å². The topological polar surface area (TPSA) is 94.9 Å². The quantitative estimate of drug-likeness (QED) is 0.502. The smallest absolute Gasteiger partial charge is 0.262 e. The van der Waals surface area contributed by atoms with Gasteiger partial charge in [0.2, 0.25) is 0 Å². The van der Waals surface area contributed by atoms with E-state index in [0.717, 1.165) is 16.9 Å². The van der Waals surface area contributed by atoms with E-state index in [0.29, 0.717) is 22.7 Å². The van der Waals surface area contributed by atoms with Crippen molar-refractivity contribution >= 4 is 17.4 Å². The normalized spacial score (nSPS) is 11.1. The first-order valence-corrected chi connectivity index (χ1v) is 9.35. The molecular weight excluding hydrogens is 380 g/mol. The first-order valence-electron chi connectivity index (χ1n) is 9.35. The molecule has 0 atom stereocenters. The molecule has 0 aliphatic rings. The number of carbonyl (C=O) groups is 1. The molecule has 9 nitrogen and oxygen atoms in total. The number of anilines is 1. The van der Waals surface area contributed by atoms with Crippen molar-refractivity contribution in [3.63, 3.8) is 0 Å². The molecule has 30 heavy (non-hydrogen) atoms. The number of benzene rings is 1. The summed E-state index contributed by atoms with van der Waals surface area (Å²) in [6.07, 6.45) is 6.59. The van der Waals surface area contributed by atoms with E-state index in [1.54, 1.807) is 38.5 Å². The minimum atomic E-state index is -0.312. The van der Waals surface area contributed by atoms with Crippen LogP contribution in [0.5, 0.6) is 0 Å². The summed E-state index contributed by atoms with van der Waals surface area (Å²) in [5.74, 6) is 0.226. The highest BCUT2D eigenvalue weighted by Crippen LogP contribution is 2.25. The second-order valence-corrected chi connectivity index (χ2v) is 6.90. The number of aryl methyl sites for hydroxylation is 2. The summed E-state index contributed by atoms with van der Waals surface area (Å²) in [4.78, 5) is 17.3. The third-order valence-electron chi connectivity index (χ3n) is 4.84. The maximum atomic E-state index is 13.0. The molecule has 5 rings (SSSR count). The van der Waals surface area contributed by atoms with Crippen LogP contribution in [0.2, 0.25) is 0 Å². The van der Waals surface area contributed by atoms with Crippen LogP contribution in [-0.2, 0) is 7.05 Å². The van der Waals surface area contributed by atoms with Gasteiger partial charge in [0.15, 0.2) is 5.65 Å². The second-order valence-electron chi connectivity index (χ2n) is 6.90. The zero-order chi connectivity index (χ0) is 20.7. The molecule has 9 heteroatoms. The standard InChI is InChI=1S/C21H18N8O/c1-14-4-6-15(7-5-14)29-19(12-17(26-29)18-8-10-23-27(18)2)25-21(30)16-13-24-28-11-3-9-22-20(16)28/h3-13H,1-2H3,(H,25,30). The Morgan fingerprint density at radius 3 is 2.67 bits per heavy atom. The van der Waals surface area contributed by atoms with Gasteiger partial charge in [0.25, 0.3) is 5.91 Å². The Morgan fingerprint density at radius 1 is 1.07 bits per heavy atom. The lowest BCUT2D eigenvalue weighted by atomic mass is 10.2. The minimum Gasteiger partial charge on any atom is -0.306 e. The van der Waals surface area contributed by atoms with E-state index in [-0.39, 0.29) is 5.91 Å². The highest BCUT2D eigenvalue weighted by Gasteiger charge is 2.19. The van der Waals surface area contributed by atoms with Crippen LogP contribution in [0, 0.1) is 6.92 Å². The van der Waals surface area contributed by atoms with Crippen molar-refractivity contribution in [3.8, 4) is 17.1 Å². The second kappa shape index (κ2) is 6.96. The molecule has 1 amide bonds. The molecule has 148 valence electrons. The molecule has 5 aromatic rings. The third-order valence-corrected chi connectivity index (χ3v) is 4.84. The van der Waals surface area contributed by atoms with Gasteiger partial charge < -0.3 is 5.32 Å². The predicted octanol–water partition coefficient (Wildman–Crippen LogP) is 2.88. The van der Waals surface area contributed by atoms with E-state index < -0.39 is 0 Å². The van der Waals surface area contributed by atoms with Gasteiger partial charge >= 0.3 is 0 Å². The number of nitrogens with one attached hydrogen (secondary N) is 1. The molecular formula is C21H18N8O. The molecule has 0 saturated carbocycles. The van der Waals surface area contributed by atoms with E-state index in [1.165, 1.54) is 6.20 Å². The van der Waals surface area contributed by atoms with Crippen molar-refractivity contribution in [1.29, 1.82) is 0 Å². The maximum Gasteiger partial charge on any atom is 0.262 e. The fraction of sp³-hybridized carbons (Fsp3) is 0.0952. The van der Waals surface area contributed by atoms with Gasteiger partial charge in [-0.05, 0) is 31.2 Å². The van der Waals surface area contributed by atoms with Gasteiger partial charge in [0, 0.05) is 31.7 Å². The molecule has 4 aromatic heterocycles. The predicted molar refractivity (Wildman–Crippen MR) is 111 cm³/mol. The Labute approximate surface area is 171 Å². The molecule has 1 aromatic carbocycles. The first-order chi connectivity index (χ1) is 14.6. The number of rotatable bonds is 4. The van der Waals surface area contributed by atoms with Crippen LogP contribution in [0.25, 0.3) is 22.7 Å². The van der Waals surface area contributed by atoms with E-state index in [2.05, 4.69) is 20.5 Å². The molecule has 0 bridgehead atoms. The summed E-state index contributed by atoms with van der Waals surface area (Å²) in [5, 5.41) is 16.1. The number of hydrogen-bond donors (Lipinski definition) is 1. The number of aromatic nitrogens is 7. The molecule has 0 aliphatic carbocycles. The lowest BCUT2D eigenvalue weighted by Gasteiger charge is -2.08. The zero-order valence-corrected chi connectivity index (χ0v) is 16.4. The lowest BCUT2D eigenvalue weighted by molar-refractivity contribution is 0.102. The highest BCUT2D eigenvalue weighted by molar-refractivity contribution is 6.08. The van der Waals surface area contributed by atoms with Crippen molar-refractivity contribution < 1.29 is 4.79 Å². The Morgan fingerprint density at radius 2 is 1.90 bits per heavy atom. The number of amides is 1. The van der Waals surface area contributed by atoms with Crippen LogP contribution in [0.1, 0.15) is 15.9 Å². The van der Waals surface area contributed by atoms with Crippen LogP contribution < -0.4 is 5.32 Å². The van der Waals surface area contributed by atoms with Crippen molar-refractivity contribution in [2.45, 2.75) is 6.92 Å². The molecule has 0 radical (unpaired) electrons. The zero-order valence-electron chi connectivity index (χ0n) is 16.4. The summed E-state index contributed by atoms with van der Waals surface area (Å²) in [6, 6.07) is 13.4. The Kier molecular flexibility index (Phi) is 4.13. The van der Waals surface area contributed by atoms with Gasteiger partial charge in [-0.1, -0.05) is 17.7 Å². The van der Waals surface area contributed by atoms with Crippen LogP contribution in [0.4, 0.5) is 5.82 Å². The van der Waals surface area contributed by atoms with Gasteiger partial charge in [0.05, 0.1) is 17.6 Å². The molecule has 0 aliphatic heterocycles. The van der Waals surface area contributed by atoms with Crippen molar-refractivity contribution in [1.82, 2.24) is 34.2 Å². The monoisotopic (exact) mass is 398 g/mol. The first kappa shape index (κ1) is 17.8. The highest BCUT2D eigenvalue weighted by atomic mass is 16.1. The Balaban J connectivity index is 1.57. The third kappa shape index (κ3) is 3.02. The van der Waals surface area contributed by atoms with E-state index in [1.807, 2.05) is 50.4 Å². The number of carbonyl (C=O) groups excluding carboxylic acids is 1.